The third-order valence-corrected chi connectivity index (χ3v) is 6.86. The van der Waals surface area contributed by atoms with Gasteiger partial charge in [-0.05, 0) is 43.4 Å². The summed E-state index contributed by atoms with van der Waals surface area (Å²) in [6.45, 7) is 1.00. The summed E-state index contributed by atoms with van der Waals surface area (Å²) < 4.78 is 14.7. The summed E-state index contributed by atoms with van der Waals surface area (Å²) in [4.78, 5) is 38.8. The van der Waals surface area contributed by atoms with Gasteiger partial charge in [-0.3, -0.25) is 14.5 Å². The molecule has 0 spiro atoms. The van der Waals surface area contributed by atoms with Gasteiger partial charge in [-0.15, -0.1) is 17.5 Å². The van der Waals surface area contributed by atoms with Crippen molar-refractivity contribution < 1.29 is 29.0 Å². The van der Waals surface area contributed by atoms with Gasteiger partial charge in [-0.2, -0.15) is 22.5 Å². The Balaban J connectivity index is 0.00000361. The van der Waals surface area contributed by atoms with E-state index in [9.17, 15) is 23.9 Å². The summed E-state index contributed by atoms with van der Waals surface area (Å²) in [5.74, 6) is -2.70. The molecular formula is C24H28ClFN4O5S. The van der Waals surface area contributed by atoms with Crippen molar-refractivity contribution in [1.29, 1.82) is 0 Å². The summed E-state index contributed by atoms with van der Waals surface area (Å²) in [6, 6.07) is 5.58. The molecule has 36 heavy (non-hydrogen) atoms. The molecule has 0 bridgehead atoms. The molecule has 2 fully saturated rings. The molecule has 1 saturated heterocycles. The minimum atomic E-state index is -1.25. The van der Waals surface area contributed by atoms with Crippen molar-refractivity contribution in [3.8, 4) is 0 Å². The highest BCUT2D eigenvalue weighted by atomic mass is 35.5. The molecule has 1 aliphatic carbocycles. The zero-order chi connectivity index (χ0) is 25.1. The lowest BCUT2D eigenvalue weighted by Crippen LogP contribution is -2.42. The first-order valence-electron chi connectivity index (χ1n) is 11.6. The van der Waals surface area contributed by atoms with Gasteiger partial charge in [0.15, 0.2) is 11.5 Å². The Labute approximate surface area is 219 Å². The Kier molecular flexibility index (Phi) is 9.26. The molecule has 2 aliphatic rings. The largest absolute Gasteiger partial charge is 0.481 e. The first kappa shape index (κ1) is 27.8. The lowest BCUT2D eigenvalue weighted by atomic mass is 9.93. The van der Waals surface area contributed by atoms with Crippen LogP contribution in [0.1, 0.15) is 59.9 Å². The molecule has 4 rings (SSSR count). The fraction of sp³-hybridized carbons (Fsp3) is 0.458. The van der Waals surface area contributed by atoms with E-state index in [0.29, 0.717) is 25.1 Å². The van der Waals surface area contributed by atoms with E-state index in [1.165, 1.54) is 10.9 Å². The number of carboxylic acids is 2. The lowest BCUT2D eigenvalue weighted by Gasteiger charge is -2.37. The van der Waals surface area contributed by atoms with E-state index >= 15 is 0 Å². The number of aromatic nitrogens is 3. The summed E-state index contributed by atoms with van der Waals surface area (Å²) in [5, 5.41) is 26.5. The smallest absolute Gasteiger partial charge is 0.358 e. The van der Waals surface area contributed by atoms with Crippen LogP contribution in [-0.4, -0.2) is 66.2 Å². The fourth-order valence-electron chi connectivity index (χ4n) is 4.33. The summed E-state index contributed by atoms with van der Waals surface area (Å²) >= 11 is 4.66. The minimum absolute atomic E-state index is 0. The van der Waals surface area contributed by atoms with Crippen molar-refractivity contribution in [2.45, 2.75) is 49.9 Å². The van der Waals surface area contributed by atoms with Gasteiger partial charge in [0.05, 0.1) is 12.6 Å². The summed E-state index contributed by atoms with van der Waals surface area (Å²) in [5.41, 5.74) is 0.992. The van der Waals surface area contributed by atoms with Crippen molar-refractivity contribution in [3.05, 3.63) is 52.6 Å². The molecule has 2 unspecified atom stereocenters. The number of likely N-dealkylation sites (tertiary alicyclic amines) is 1. The topological polar surface area (TPSA) is 126 Å². The van der Waals surface area contributed by atoms with Crippen LogP contribution in [0.5, 0.6) is 0 Å². The Morgan fingerprint density at radius 2 is 1.89 bits per heavy atom. The van der Waals surface area contributed by atoms with Gasteiger partial charge in [0.1, 0.15) is 11.5 Å². The predicted octanol–water partition coefficient (Wildman–Crippen LogP) is 3.51. The number of thiol groups is 1. The molecule has 1 aromatic carbocycles. The number of hydrogen-bond donors (Lipinski definition) is 3. The normalized spacial score (nSPS) is 20.1. The highest BCUT2D eigenvalue weighted by Crippen LogP contribution is 2.39. The number of carboxylic acid groups (broad SMARTS) is 2. The zero-order valence-electron chi connectivity index (χ0n) is 19.4. The average molecular weight is 539 g/mol. The number of rotatable bonds is 10. The van der Waals surface area contributed by atoms with E-state index < -0.39 is 23.8 Å². The van der Waals surface area contributed by atoms with Gasteiger partial charge < -0.3 is 10.2 Å². The second-order valence-electron chi connectivity index (χ2n) is 8.93. The molecule has 1 saturated carbocycles. The van der Waals surface area contributed by atoms with E-state index in [4.69, 9.17) is 5.11 Å². The lowest BCUT2D eigenvalue weighted by molar-refractivity contribution is -0.137. The maximum atomic E-state index is 14.7. The molecule has 9 nitrogen and oxygen atoms in total. The first-order valence-corrected chi connectivity index (χ1v) is 12.1. The van der Waals surface area contributed by atoms with E-state index in [2.05, 4.69) is 22.8 Å². The number of aryl methyl sites for hydroxylation is 1. The van der Waals surface area contributed by atoms with Crippen LogP contribution >= 0.6 is 25.0 Å². The molecule has 194 valence electrons. The Bertz CT molecular complexity index is 1170. The third kappa shape index (κ3) is 6.51. The molecule has 2 atom stereocenters. The number of carbonyl (C=O) groups excluding carboxylic acids is 1. The van der Waals surface area contributed by atoms with Gasteiger partial charge in [0.25, 0.3) is 0 Å². The van der Waals surface area contributed by atoms with Gasteiger partial charge in [-0.1, -0.05) is 18.2 Å². The molecule has 2 heterocycles. The summed E-state index contributed by atoms with van der Waals surface area (Å²) in [7, 11) is 0. The number of nitrogens with zero attached hydrogens (tertiary/aromatic N) is 4. The van der Waals surface area contributed by atoms with Crippen LogP contribution in [0, 0.1) is 11.7 Å². The van der Waals surface area contributed by atoms with Gasteiger partial charge in [0.2, 0.25) is 0 Å². The predicted molar refractivity (Wildman–Crippen MR) is 135 cm³/mol. The number of ketones is 1. The number of aliphatic carboxylic acids is 1. The monoisotopic (exact) mass is 538 g/mol. The Morgan fingerprint density at radius 3 is 2.53 bits per heavy atom. The average Bonchev–Trinajstić information content (AvgIpc) is 3.58. The van der Waals surface area contributed by atoms with E-state index in [-0.39, 0.29) is 60.1 Å². The third-order valence-electron chi connectivity index (χ3n) is 6.27. The number of carbonyl (C=O) groups is 3. The van der Waals surface area contributed by atoms with Crippen molar-refractivity contribution in [3.63, 3.8) is 0 Å². The summed E-state index contributed by atoms with van der Waals surface area (Å²) in [6.07, 6.45) is 4.00. The van der Waals surface area contributed by atoms with Crippen LogP contribution in [0.3, 0.4) is 0 Å². The van der Waals surface area contributed by atoms with Crippen molar-refractivity contribution in [1.82, 2.24) is 19.9 Å². The second-order valence-corrected chi connectivity index (χ2v) is 9.55. The zero-order valence-corrected chi connectivity index (χ0v) is 21.1. The molecule has 0 radical (unpaired) electrons. The van der Waals surface area contributed by atoms with E-state index in [1.807, 2.05) is 4.90 Å². The van der Waals surface area contributed by atoms with Crippen LogP contribution in [0.25, 0.3) is 6.08 Å². The molecule has 0 amide bonds. The van der Waals surface area contributed by atoms with E-state index in [0.717, 1.165) is 18.4 Å². The molecule has 2 aromatic rings. The van der Waals surface area contributed by atoms with Gasteiger partial charge >= 0.3 is 11.9 Å². The van der Waals surface area contributed by atoms with Gasteiger partial charge in [-0.25, -0.2) is 9.18 Å². The molecule has 12 heteroatoms. The van der Waals surface area contributed by atoms with Crippen molar-refractivity contribution >= 4 is 48.8 Å². The van der Waals surface area contributed by atoms with Crippen LogP contribution in [-0.2, 0) is 16.1 Å². The number of halogens is 2. The number of benzene rings is 1. The van der Waals surface area contributed by atoms with Crippen LogP contribution in [0.4, 0.5) is 4.39 Å². The van der Waals surface area contributed by atoms with Gasteiger partial charge in [0, 0.05) is 36.2 Å². The molecule has 1 aromatic heterocycles. The van der Waals surface area contributed by atoms with Crippen molar-refractivity contribution in [2.75, 3.05) is 13.1 Å². The van der Waals surface area contributed by atoms with Crippen LogP contribution in [0.15, 0.2) is 29.8 Å². The molecule has 1 aliphatic heterocycles. The van der Waals surface area contributed by atoms with E-state index in [1.54, 1.807) is 24.3 Å². The maximum absolute atomic E-state index is 14.7. The maximum Gasteiger partial charge on any atom is 0.358 e. The number of hydrogen-bond acceptors (Lipinski definition) is 7. The SMILES string of the molecule is Cl.O=C(O)CCCn1nc(/C=C2/CN(C(C(=O)C3CC3)c3ccccc3F)CCC2S)c(C(=O)O)n1. The van der Waals surface area contributed by atoms with Crippen LogP contribution < -0.4 is 0 Å². The minimum Gasteiger partial charge on any atom is -0.481 e. The highest BCUT2D eigenvalue weighted by molar-refractivity contribution is 7.81. The number of aromatic carboxylic acids is 1. The first-order chi connectivity index (χ1) is 16.7. The number of piperidine rings is 1. The van der Waals surface area contributed by atoms with Crippen molar-refractivity contribution in [2.24, 2.45) is 5.92 Å². The fourth-order valence-corrected chi connectivity index (χ4v) is 4.60. The highest BCUT2D eigenvalue weighted by Gasteiger charge is 2.41. The second kappa shape index (κ2) is 12.0. The quantitative estimate of drug-likeness (QED) is 0.392. The molecule has 2 N–H and O–H groups in total. The Morgan fingerprint density at radius 1 is 1.17 bits per heavy atom. The molecular weight excluding hydrogens is 511 g/mol. The Hall–Kier alpha value is -2.76. The standard InChI is InChI=1S/C24H27FN4O5S.ClH/c25-17-5-2-1-4-16(17)22(23(32)14-7-8-14)28-11-9-19(35)15(13-28)12-18-21(24(33)34)27-29(26-18)10-3-6-20(30)31;/h1-2,4-5,12,14,19,22,35H,3,6-11,13H2,(H,30,31)(H,33,34);1H/b15-12-;. The number of Topliss-reactive ketones (excluding diaryl/α,β-unsaturated/α-hetero) is 1. The van der Waals surface area contributed by atoms with Crippen LogP contribution in [0.2, 0.25) is 0 Å².